The molecule has 1 unspecified atom stereocenters. The maximum Gasteiger partial charge on any atom is 0.172 e. The van der Waals surface area contributed by atoms with Crippen LogP contribution in [0, 0.1) is 6.92 Å². The van der Waals surface area contributed by atoms with Gasteiger partial charge in [-0.25, -0.2) is 0 Å². The monoisotopic (exact) mass is 239 g/mol. The molecule has 2 aromatic rings. The highest BCUT2D eigenvalue weighted by molar-refractivity contribution is 6.01. The number of hydrogen-bond acceptors (Lipinski definition) is 2. The molecule has 0 fully saturated rings. The van der Waals surface area contributed by atoms with Gasteiger partial charge in [0.05, 0.1) is 0 Å². The summed E-state index contributed by atoms with van der Waals surface area (Å²) in [5.74, 6) is 0.0865. The van der Waals surface area contributed by atoms with Crippen molar-refractivity contribution in [1.82, 2.24) is 4.98 Å². The minimum absolute atomic E-state index is 0.0749. The van der Waals surface area contributed by atoms with Gasteiger partial charge in [0.1, 0.15) is 0 Å². The van der Waals surface area contributed by atoms with Gasteiger partial charge in [-0.2, -0.15) is 0 Å². The van der Waals surface area contributed by atoms with Gasteiger partial charge in [-0.3, -0.25) is 9.78 Å². The summed E-state index contributed by atoms with van der Waals surface area (Å²) in [6, 6.07) is 11.8. The molecule has 1 aromatic carbocycles. The Kier molecular flexibility index (Phi) is 3.88. The molecule has 2 heteroatoms. The molecular formula is C16H17NO. The Bertz CT molecular complexity index is 534. The van der Waals surface area contributed by atoms with Crippen LogP contribution in [0.5, 0.6) is 0 Å². The van der Waals surface area contributed by atoms with Crippen LogP contribution >= 0.6 is 0 Å². The number of pyridine rings is 1. The van der Waals surface area contributed by atoms with Crippen molar-refractivity contribution in [3.05, 3.63) is 65.5 Å². The van der Waals surface area contributed by atoms with Gasteiger partial charge < -0.3 is 0 Å². The second-order valence-electron chi connectivity index (χ2n) is 4.43. The molecule has 0 aliphatic carbocycles. The minimum atomic E-state index is -0.0749. The fourth-order valence-corrected chi connectivity index (χ4v) is 2.17. The van der Waals surface area contributed by atoms with Crippen molar-refractivity contribution in [2.75, 3.05) is 0 Å². The van der Waals surface area contributed by atoms with Crippen molar-refractivity contribution in [3.8, 4) is 0 Å². The van der Waals surface area contributed by atoms with E-state index in [1.165, 1.54) is 0 Å². The number of carbonyl (C=O) groups is 1. The normalized spacial score (nSPS) is 12.1. The molecule has 18 heavy (non-hydrogen) atoms. The number of aromatic nitrogens is 1. The Morgan fingerprint density at radius 3 is 2.56 bits per heavy atom. The van der Waals surface area contributed by atoms with Crippen LogP contribution < -0.4 is 0 Å². The molecule has 0 spiro atoms. The maximum absolute atomic E-state index is 12.6. The second kappa shape index (κ2) is 5.58. The first-order valence-electron chi connectivity index (χ1n) is 6.23. The van der Waals surface area contributed by atoms with Crippen LogP contribution in [0.25, 0.3) is 0 Å². The summed E-state index contributed by atoms with van der Waals surface area (Å²) in [5, 5.41) is 0. The highest BCUT2D eigenvalue weighted by Gasteiger charge is 2.21. The van der Waals surface area contributed by atoms with Crippen molar-refractivity contribution in [3.63, 3.8) is 0 Å². The third-order valence-electron chi connectivity index (χ3n) is 3.23. The molecule has 0 N–H and O–H groups in total. The second-order valence-corrected chi connectivity index (χ2v) is 4.43. The Morgan fingerprint density at radius 1 is 1.22 bits per heavy atom. The van der Waals surface area contributed by atoms with Crippen LogP contribution in [-0.2, 0) is 0 Å². The zero-order valence-electron chi connectivity index (χ0n) is 10.8. The van der Waals surface area contributed by atoms with Crippen molar-refractivity contribution in [2.24, 2.45) is 0 Å². The molecule has 0 aliphatic heterocycles. The number of Topliss-reactive ketones (excluding diaryl/α,β-unsaturated/α-hetero) is 1. The largest absolute Gasteiger partial charge is 0.293 e. The van der Waals surface area contributed by atoms with Crippen LogP contribution in [0.2, 0.25) is 0 Å². The summed E-state index contributed by atoms with van der Waals surface area (Å²) >= 11 is 0. The summed E-state index contributed by atoms with van der Waals surface area (Å²) in [6.07, 6.45) is 4.19. The van der Waals surface area contributed by atoms with Gasteiger partial charge in [-0.1, -0.05) is 37.3 Å². The van der Waals surface area contributed by atoms with Crippen molar-refractivity contribution in [2.45, 2.75) is 26.2 Å². The van der Waals surface area contributed by atoms with Crippen LogP contribution in [0.3, 0.4) is 0 Å². The molecule has 1 heterocycles. The average molecular weight is 239 g/mol. The third kappa shape index (κ3) is 2.48. The first-order chi connectivity index (χ1) is 8.74. The number of nitrogens with zero attached hydrogens (tertiary/aromatic N) is 1. The predicted molar refractivity (Wildman–Crippen MR) is 72.8 cm³/mol. The van der Waals surface area contributed by atoms with Gasteiger partial charge >= 0.3 is 0 Å². The Morgan fingerprint density at radius 2 is 1.94 bits per heavy atom. The highest BCUT2D eigenvalue weighted by atomic mass is 16.1. The molecule has 0 amide bonds. The molecule has 2 nitrogen and oxygen atoms in total. The lowest BCUT2D eigenvalue weighted by molar-refractivity contribution is 0.0956. The van der Waals surface area contributed by atoms with Gasteiger partial charge in [-0.15, -0.1) is 0 Å². The van der Waals surface area contributed by atoms with E-state index in [1.54, 1.807) is 12.4 Å². The third-order valence-corrected chi connectivity index (χ3v) is 3.23. The average Bonchev–Trinajstić information content (AvgIpc) is 2.41. The lowest BCUT2D eigenvalue weighted by atomic mass is 9.88. The molecule has 92 valence electrons. The molecule has 0 radical (unpaired) electrons. The van der Waals surface area contributed by atoms with Gasteiger partial charge in [-0.05, 0) is 30.5 Å². The standard InChI is InChI=1S/C16H17NO/c1-3-14(13-7-5-4-6-8-13)16(18)15-11-17-10-9-12(15)2/h4-11,14H,3H2,1-2H3. The van der Waals surface area contributed by atoms with E-state index in [0.29, 0.717) is 0 Å². The van der Waals surface area contributed by atoms with E-state index in [-0.39, 0.29) is 11.7 Å². The fraction of sp³-hybridized carbons (Fsp3) is 0.250. The molecule has 0 saturated heterocycles. The van der Waals surface area contributed by atoms with Crippen LogP contribution in [0.15, 0.2) is 48.8 Å². The number of carbonyl (C=O) groups excluding carboxylic acids is 1. The molecule has 1 aromatic heterocycles. The number of hydrogen-bond donors (Lipinski definition) is 0. The Hall–Kier alpha value is -1.96. The predicted octanol–water partition coefficient (Wildman–Crippen LogP) is 3.77. The lowest BCUT2D eigenvalue weighted by Crippen LogP contribution is -2.13. The Labute approximate surface area is 108 Å². The van der Waals surface area contributed by atoms with E-state index >= 15 is 0 Å². The first kappa shape index (κ1) is 12.5. The summed E-state index contributed by atoms with van der Waals surface area (Å²) in [5.41, 5.74) is 2.80. The summed E-state index contributed by atoms with van der Waals surface area (Å²) in [6.45, 7) is 3.99. The smallest absolute Gasteiger partial charge is 0.172 e. The molecule has 0 bridgehead atoms. The zero-order chi connectivity index (χ0) is 13.0. The molecule has 2 rings (SSSR count). The van der Waals surface area contributed by atoms with Crippen molar-refractivity contribution >= 4 is 5.78 Å². The number of rotatable bonds is 4. The molecule has 0 aliphatic rings. The number of aryl methyl sites for hydroxylation is 1. The van der Waals surface area contributed by atoms with Crippen LogP contribution in [-0.4, -0.2) is 10.8 Å². The first-order valence-corrected chi connectivity index (χ1v) is 6.23. The van der Waals surface area contributed by atoms with Gasteiger partial charge in [0.25, 0.3) is 0 Å². The van der Waals surface area contributed by atoms with E-state index < -0.39 is 0 Å². The number of ketones is 1. The van der Waals surface area contributed by atoms with Crippen LogP contribution in [0.4, 0.5) is 0 Å². The topological polar surface area (TPSA) is 30.0 Å². The van der Waals surface area contributed by atoms with E-state index in [1.807, 2.05) is 50.2 Å². The summed E-state index contributed by atoms with van der Waals surface area (Å²) in [7, 11) is 0. The number of benzene rings is 1. The zero-order valence-corrected chi connectivity index (χ0v) is 10.8. The van der Waals surface area contributed by atoms with Gasteiger partial charge in [0, 0.05) is 23.9 Å². The minimum Gasteiger partial charge on any atom is -0.293 e. The summed E-state index contributed by atoms with van der Waals surface area (Å²) < 4.78 is 0. The Balaban J connectivity index is 2.35. The fourth-order valence-electron chi connectivity index (χ4n) is 2.17. The van der Waals surface area contributed by atoms with Crippen molar-refractivity contribution in [1.29, 1.82) is 0 Å². The van der Waals surface area contributed by atoms with E-state index in [9.17, 15) is 4.79 Å². The van der Waals surface area contributed by atoms with E-state index in [4.69, 9.17) is 0 Å². The van der Waals surface area contributed by atoms with Crippen LogP contribution in [0.1, 0.15) is 40.7 Å². The quantitative estimate of drug-likeness (QED) is 0.760. The van der Waals surface area contributed by atoms with Crippen molar-refractivity contribution < 1.29 is 4.79 Å². The van der Waals surface area contributed by atoms with Gasteiger partial charge in [0.2, 0.25) is 0 Å². The molecular weight excluding hydrogens is 222 g/mol. The molecule has 0 saturated carbocycles. The van der Waals surface area contributed by atoms with E-state index in [0.717, 1.165) is 23.1 Å². The molecule has 1 atom stereocenters. The maximum atomic E-state index is 12.6. The SMILES string of the molecule is CCC(C(=O)c1cnccc1C)c1ccccc1. The highest BCUT2D eigenvalue weighted by Crippen LogP contribution is 2.24. The van der Waals surface area contributed by atoms with Gasteiger partial charge in [0.15, 0.2) is 5.78 Å². The van der Waals surface area contributed by atoms with E-state index in [2.05, 4.69) is 4.98 Å². The summed E-state index contributed by atoms with van der Waals surface area (Å²) in [4.78, 5) is 16.6. The lowest BCUT2D eigenvalue weighted by Gasteiger charge is -2.15.